The maximum atomic E-state index is 8.87. The molecular formula is C12H6BrClN2S. The molecule has 0 bridgehead atoms. The number of pyridine rings is 1. The summed E-state index contributed by atoms with van der Waals surface area (Å²) in [5.74, 6) is 0. The zero-order valence-corrected chi connectivity index (χ0v) is 11.7. The molecule has 0 amide bonds. The number of nitriles is 1. The summed E-state index contributed by atoms with van der Waals surface area (Å²) < 4.78 is 0.995. The molecule has 0 atom stereocenters. The van der Waals surface area contributed by atoms with Crippen LogP contribution in [0.15, 0.2) is 50.9 Å². The first-order valence-corrected chi connectivity index (χ1v) is 6.67. The summed E-state index contributed by atoms with van der Waals surface area (Å²) >= 11 is 10.9. The number of hydrogen-bond donors (Lipinski definition) is 0. The fraction of sp³-hybridized carbons (Fsp3) is 0. The molecule has 0 spiro atoms. The average molecular weight is 326 g/mol. The highest BCUT2D eigenvalue weighted by Crippen LogP contribution is 2.33. The van der Waals surface area contributed by atoms with Gasteiger partial charge in [0, 0.05) is 15.6 Å². The second-order valence-corrected chi connectivity index (χ2v) is 5.50. The van der Waals surface area contributed by atoms with E-state index in [9.17, 15) is 0 Å². The van der Waals surface area contributed by atoms with Crippen LogP contribution in [0, 0.1) is 11.3 Å². The minimum Gasteiger partial charge on any atom is -0.248 e. The maximum Gasteiger partial charge on any atom is 0.121 e. The molecule has 5 heteroatoms. The predicted octanol–water partition coefficient (Wildman–Crippen LogP) is 4.52. The van der Waals surface area contributed by atoms with Crippen molar-refractivity contribution in [2.45, 2.75) is 9.92 Å². The van der Waals surface area contributed by atoms with Crippen LogP contribution in [0.5, 0.6) is 0 Å². The number of halogens is 2. The molecule has 2 nitrogen and oxygen atoms in total. The van der Waals surface area contributed by atoms with Gasteiger partial charge in [0.15, 0.2) is 0 Å². The van der Waals surface area contributed by atoms with Gasteiger partial charge in [-0.3, -0.25) is 0 Å². The maximum absolute atomic E-state index is 8.87. The van der Waals surface area contributed by atoms with E-state index in [1.54, 1.807) is 12.3 Å². The molecule has 0 aliphatic heterocycles. The zero-order valence-electron chi connectivity index (χ0n) is 8.52. The van der Waals surface area contributed by atoms with Gasteiger partial charge in [0.1, 0.15) is 11.1 Å². The Morgan fingerprint density at radius 1 is 1.35 bits per heavy atom. The Bertz CT molecular complexity index is 595. The van der Waals surface area contributed by atoms with Gasteiger partial charge in [-0.2, -0.15) is 5.26 Å². The smallest absolute Gasteiger partial charge is 0.121 e. The molecule has 84 valence electrons. The monoisotopic (exact) mass is 324 g/mol. The lowest BCUT2D eigenvalue weighted by molar-refractivity contribution is 1.12. The summed E-state index contributed by atoms with van der Waals surface area (Å²) in [6, 6.07) is 11.5. The van der Waals surface area contributed by atoms with E-state index in [-0.39, 0.29) is 0 Å². The minimum atomic E-state index is 0.403. The Morgan fingerprint density at radius 2 is 2.18 bits per heavy atom. The molecule has 0 radical (unpaired) electrons. The fourth-order valence-electron chi connectivity index (χ4n) is 1.22. The number of rotatable bonds is 2. The van der Waals surface area contributed by atoms with Gasteiger partial charge >= 0.3 is 0 Å². The number of hydrogen-bond acceptors (Lipinski definition) is 3. The van der Waals surface area contributed by atoms with Crippen LogP contribution in [0.4, 0.5) is 0 Å². The van der Waals surface area contributed by atoms with Crippen LogP contribution >= 0.6 is 39.3 Å². The quantitative estimate of drug-likeness (QED) is 0.814. The zero-order chi connectivity index (χ0) is 12.3. The lowest BCUT2D eigenvalue weighted by Gasteiger charge is -2.04. The molecular weight excluding hydrogens is 320 g/mol. The van der Waals surface area contributed by atoms with Gasteiger partial charge in [-0.25, -0.2) is 4.98 Å². The van der Waals surface area contributed by atoms with Gasteiger partial charge in [-0.1, -0.05) is 45.4 Å². The van der Waals surface area contributed by atoms with Crippen molar-refractivity contribution in [3.05, 3.63) is 51.6 Å². The molecule has 0 unspecified atom stereocenters. The highest BCUT2D eigenvalue weighted by atomic mass is 79.9. The Labute approximate surface area is 117 Å². The third kappa shape index (κ3) is 3.01. The van der Waals surface area contributed by atoms with E-state index in [1.807, 2.05) is 30.3 Å². The van der Waals surface area contributed by atoms with Crippen LogP contribution in [0.3, 0.4) is 0 Å². The van der Waals surface area contributed by atoms with Crippen LogP contribution in [-0.2, 0) is 0 Å². The molecule has 0 saturated heterocycles. The Balaban J connectivity index is 2.34. The van der Waals surface area contributed by atoms with Crippen LogP contribution < -0.4 is 0 Å². The molecule has 0 fully saturated rings. The molecule has 1 aromatic heterocycles. The molecule has 0 aliphatic rings. The molecule has 0 aliphatic carbocycles. The lowest BCUT2D eigenvalue weighted by atomic mass is 10.3. The van der Waals surface area contributed by atoms with Crippen molar-refractivity contribution >= 4 is 39.3 Å². The lowest BCUT2D eigenvalue weighted by Crippen LogP contribution is -1.85. The number of nitrogens with zero attached hydrogens (tertiary/aromatic N) is 2. The molecule has 0 saturated carbocycles. The number of benzene rings is 1. The van der Waals surface area contributed by atoms with Gasteiger partial charge in [0.05, 0.1) is 10.6 Å². The van der Waals surface area contributed by atoms with Crippen molar-refractivity contribution in [2.75, 3.05) is 0 Å². The second-order valence-electron chi connectivity index (χ2n) is 3.15. The van der Waals surface area contributed by atoms with Crippen molar-refractivity contribution in [1.82, 2.24) is 4.98 Å². The van der Waals surface area contributed by atoms with Crippen molar-refractivity contribution in [3.8, 4) is 6.07 Å². The van der Waals surface area contributed by atoms with Gasteiger partial charge in [0.25, 0.3) is 0 Å². The highest BCUT2D eigenvalue weighted by molar-refractivity contribution is 9.10. The minimum absolute atomic E-state index is 0.403. The van der Waals surface area contributed by atoms with E-state index in [1.165, 1.54) is 11.8 Å². The van der Waals surface area contributed by atoms with Crippen molar-refractivity contribution < 1.29 is 0 Å². The molecule has 1 heterocycles. The summed E-state index contributed by atoms with van der Waals surface area (Å²) in [5.41, 5.74) is 0.444. The summed E-state index contributed by atoms with van der Waals surface area (Å²) in [4.78, 5) is 5.19. The van der Waals surface area contributed by atoms with E-state index in [0.717, 1.165) is 9.37 Å². The van der Waals surface area contributed by atoms with Crippen LogP contribution in [0.1, 0.15) is 5.56 Å². The normalized spacial score (nSPS) is 9.94. The van der Waals surface area contributed by atoms with Crippen molar-refractivity contribution in [3.63, 3.8) is 0 Å². The van der Waals surface area contributed by atoms with E-state index >= 15 is 0 Å². The van der Waals surface area contributed by atoms with E-state index in [4.69, 9.17) is 16.9 Å². The van der Waals surface area contributed by atoms with E-state index in [0.29, 0.717) is 15.6 Å². The van der Waals surface area contributed by atoms with Crippen molar-refractivity contribution in [1.29, 1.82) is 5.26 Å². The molecule has 1 aromatic carbocycles. The highest BCUT2D eigenvalue weighted by Gasteiger charge is 2.08. The van der Waals surface area contributed by atoms with Crippen LogP contribution in [0.2, 0.25) is 5.02 Å². The summed E-state index contributed by atoms with van der Waals surface area (Å²) in [6.45, 7) is 0. The first-order valence-electron chi connectivity index (χ1n) is 4.69. The van der Waals surface area contributed by atoms with Gasteiger partial charge in [0.2, 0.25) is 0 Å². The van der Waals surface area contributed by atoms with Gasteiger partial charge < -0.3 is 0 Å². The Kier molecular flexibility index (Phi) is 4.06. The molecule has 0 N–H and O–H groups in total. The Hall–Kier alpha value is -1.02. The van der Waals surface area contributed by atoms with Crippen LogP contribution in [-0.4, -0.2) is 4.98 Å². The first-order chi connectivity index (χ1) is 8.20. The van der Waals surface area contributed by atoms with Crippen molar-refractivity contribution in [2.24, 2.45) is 0 Å². The molecule has 2 aromatic rings. The van der Waals surface area contributed by atoms with E-state index < -0.39 is 0 Å². The fourth-order valence-corrected chi connectivity index (χ4v) is 2.91. The summed E-state index contributed by atoms with van der Waals surface area (Å²) in [5, 5.41) is 9.92. The largest absolute Gasteiger partial charge is 0.248 e. The second kappa shape index (κ2) is 5.54. The van der Waals surface area contributed by atoms with Gasteiger partial charge in [-0.15, -0.1) is 0 Å². The predicted molar refractivity (Wildman–Crippen MR) is 72.2 cm³/mol. The third-order valence-electron chi connectivity index (χ3n) is 1.99. The Morgan fingerprint density at radius 3 is 2.88 bits per heavy atom. The summed E-state index contributed by atoms with van der Waals surface area (Å²) in [6.07, 6.45) is 1.59. The van der Waals surface area contributed by atoms with Gasteiger partial charge in [-0.05, 0) is 24.3 Å². The molecule has 17 heavy (non-hydrogen) atoms. The topological polar surface area (TPSA) is 36.7 Å². The summed E-state index contributed by atoms with van der Waals surface area (Å²) in [7, 11) is 0. The first kappa shape index (κ1) is 12.4. The number of aromatic nitrogens is 1. The standard InChI is InChI=1S/C12H6BrClN2S/c13-9-2-1-3-10(6-9)17-12-11(14)8(7-15)4-5-16-12/h1-6H. The third-order valence-corrected chi connectivity index (χ3v) is 3.97. The van der Waals surface area contributed by atoms with E-state index in [2.05, 4.69) is 20.9 Å². The average Bonchev–Trinajstić information content (AvgIpc) is 2.32. The van der Waals surface area contributed by atoms with Crippen LogP contribution in [0.25, 0.3) is 0 Å². The molecule has 2 rings (SSSR count). The SMILES string of the molecule is N#Cc1ccnc(Sc2cccc(Br)c2)c1Cl.